The smallest absolute Gasteiger partial charge is 0.478 e. The Bertz CT molecular complexity index is 744. The predicted molar refractivity (Wildman–Crippen MR) is 104 cm³/mol. The van der Waals surface area contributed by atoms with Crippen LogP contribution in [0.5, 0.6) is 0 Å². The molecule has 140 valence electrons. The molecular weight excluding hydrogens is 401 g/mol. The third-order valence-electron chi connectivity index (χ3n) is 4.68. The van der Waals surface area contributed by atoms with Crippen LogP contribution in [0, 0.1) is 0 Å². The van der Waals surface area contributed by atoms with Gasteiger partial charge in [0.05, 0.1) is 16.8 Å². The number of aromatic carboxylic acids is 1. The fourth-order valence-corrected chi connectivity index (χ4v) is 2.85. The highest BCUT2D eigenvalue weighted by atomic mass is 79.9. The van der Waals surface area contributed by atoms with E-state index in [1.165, 1.54) is 13.0 Å². The SMILES string of the molecule is CC(=O)NCC(=Cc1cc(Br)ccc1C(=O)O)B1OC(C)(C)C(C)(C)O1. The maximum absolute atomic E-state index is 11.5. The summed E-state index contributed by atoms with van der Waals surface area (Å²) in [6.07, 6.45) is 1.70. The molecule has 0 spiro atoms. The molecule has 0 aromatic heterocycles. The van der Waals surface area contributed by atoms with Crippen LogP contribution >= 0.6 is 15.9 Å². The van der Waals surface area contributed by atoms with Crippen molar-refractivity contribution in [3.8, 4) is 0 Å². The molecule has 2 rings (SSSR count). The van der Waals surface area contributed by atoms with E-state index >= 15 is 0 Å². The molecule has 2 N–H and O–H groups in total. The lowest BCUT2D eigenvalue weighted by Crippen LogP contribution is -2.41. The fourth-order valence-electron chi connectivity index (χ4n) is 2.47. The van der Waals surface area contributed by atoms with Gasteiger partial charge >= 0.3 is 13.1 Å². The first-order valence-electron chi connectivity index (χ1n) is 8.26. The van der Waals surface area contributed by atoms with Crippen molar-refractivity contribution in [2.24, 2.45) is 0 Å². The number of carboxylic acid groups (broad SMARTS) is 1. The highest BCUT2D eigenvalue weighted by Gasteiger charge is 2.52. The maximum Gasteiger partial charge on any atom is 0.492 e. The number of amides is 1. The van der Waals surface area contributed by atoms with Gasteiger partial charge in [0.1, 0.15) is 0 Å². The lowest BCUT2D eigenvalue weighted by molar-refractivity contribution is -0.118. The summed E-state index contributed by atoms with van der Waals surface area (Å²) in [7, 11) is -0.688. The third-order valence-corrected chi connectivity index (χ3v) is 5.18. The predicted octanol–water partition coefficient (Wildman–Crippen LogP) is 3.30. The van der Waals surface area contributed by atoms with Crippen molar-refractivity contribution >= 4 is 41.0 Å². The van der Waals surface area contributed by atoms with E-state index in [4.69, 9.17) is 9.31 Å². The Morgan fingerprint density at radius 1 is 1.23 bits per heavy atom. The molecule has 1 fully saturated rings. The summed E-state index contributed by atoms with van der Waals surface area (Å²) in [6.45, 7) is 9.35. The number of hydrogen-bond acceptors (Lipinski definition) is 4. The van der Waals surface area contributed by atoms with Gasteiger partial charge in [0, 0.05) is 17.9 Å². The lowest BCUT2D eigenvalue weighted by atomic mass is 9.76. The van der Waals surface area contributed by atoms with Crippen molar-refractivity contribution in [2.75, 3.05) is 6.54 Å². The molecule has 0 bridgehead atoms. The molecule has 0 saturated carbocycles. The number of rotatable bonds is 5. The van der Waals surface area contributed by atoms with E-state index in [1.54, 1.807) is 18.2 Å². The molecule has 0 radical (unpaired) electrons. The number of carbonyl (C=O) groups excluding carboxylic acids is 1. The molecule has 1 aliphatic rings. The van der Waals surface area contributed by atoms with Crippen molar-refractivity contribution in [3.05, 3.63) is 39.3 Å². The average molecular weight is 424 g/mol. The Hall–Kier alpha value is -1.64. The summed E-state index contributed by atoms with van der Waals surface area (Å²) in [5, 5.41) is 12.2. The molecule has 1 aromatic rings. The Morgan fingerprint density at radius 2 is 1.81 bits per heavy atom. The topological polar surface area (TPSA) is 84.9 Å². The lowest BCUT2D eigenvalue weighted by Gasteiger charge is -2.32. The Kier molecular flexibility index (Phi) is 6.00. The zero-order valence-corrected chi connectivity index (χ0v) is 17.1. The summed E-state index contributed by atoms with van der Waals surface area (Å²) in [4.78, 5) is 22.9. The van der Waals surface area contributed by atoms with Crippen LogP contribution in [0.15, 0.2) is 28.1 Å². The third kappa shape index (κ3) is 4.55. The number of carboxylic acids is 1. The molecule has 26 heavy (non-hydrogen) atoms. The molecule has 0 aliphatic carbocycles. The highest BCUT2D eigenvalue weighted by molar-refractivity contribution is 9.10. The second-order valence-corrected chi connectivity index (χ2v) is 8.17. The van der Waals surface area contributed by atoms with Gasteiger partial charge in [-0.3, -0.25) is 4.79 Å². The molecule has 1 amide bonds. The quantitative estimate of drug-likeness (QED) is 0.709. The summed E-state index contributed by atoms with van der Waals surface area (Å²) in [5.41, 5.74) is 0.214. The van der Waals surface area contributed by atoms with Gasteiger partial charge in [-0.25, -0.2) is 4.79 Å². The van der Waals surface area contributed by atoms with Crippen LogP contribution < -0.4 is 5.32 Å². The molecule has 0 atom stereocenters. The van der Waals surface area contributed by atoms with Crippen LogP contribution in [-0.4, -0.2) is 41.8 Å². The Morgan fingerprint density at radius 3 is 2.31 bits per heavy atom. The largest absolute Gasteiger partial charge is 0.492 e. The highest BCUT2D eigenvalue weighted by Crippen LogP contribution is 2.39. The van der Waals surface area contributed by atoms with Gasteiger partial charge in [-0.05, 0) is 56.9 Å². The van der Waals surface area contributed by atoms with Crippen LogP contribution in [0.2, 0.25) is 0 Å². The number of nitrogens with one attached hydrogen (secondary N) is 1. The molecule has 1 aromatic carbocycles. The maximum atomic E-state index is 11.5. The van der Waals surface area contributed by atoms with Gasteiger partial charge in [-0.2, -0.15) is 0 Å². The molecule has 0 unspecified atom stereocenters. The molecule has 6 nitrogen and oxygen atoms in total. The van der Waals surface area contributed by atoms with E-state index in [1.807, 2.05) is 27.7 Å². The average Bonchev–Trinajstić information content (AvgIpc) is 2.71. The van der Waals surface area contributed by atoms with E-state index < -0.39 is 24.3 Å². The minimum atomic E-state index is -1.03. The second kappa shape index (κ2) is 7.54. The Labute approximate surface area is 162 Å². The van der Waals surface area contributed by atoms with Crippen molar-refractivity contribution in [3.63, 3.8) is 0 Å². The van der Waals surface area contributed by atoms with Gasteiger partial charge in [0.25, 0.3) is 0 Å². The fraction of sp³-hybridized carbons (Fsp3) is 0.444. The number of carbonyl (C=O) groups is 2. The summed E-state index contributed by atoms with van der Waals surface area (Å²) >= 11 is 3.36. The van der Waals surface area contributed by atoms with Crippen molar-refractivity contribution in [1.29, 1.82) is 0 Å². The first-order chi connectivity index (χ1) is 11.9. The van der Waals surface area contributed by atoms with Crippen LogP contribution in [-0.2, 0) is 14.1 Å². The summed E-state index contributed by atoms with van der Waals surface area (Å²) < 4.78 is 12.9. The van der Waals surface area contributed by atoms with E-state index in [-0.39, 0.29) is 18.0 Å². The molecule has 1 aliphatic heterocycles. The minimum Gasteiger partial charge on any atom is -0.478 e. The standard InChI is InChI=1S/C18H23BBrNO5/c1-11(22)21-10-13(19-25-17(2,3)18(4,5)26-19)8-12-9-14(20)6-7-15(12)16(23)24/h6-9H,10H2,1-5H3,(H,21,22)(H,23,24). The van der Waals surface area contributed by atoms with Gasteiger partial charge in [0.2, 0.25) is 5.91 Å². The Balaban J connectivity index is 2.46. The number of hydrogen-bond donors (Lipinski definition) is 2. The van der Waals surface area contributed by atoms with Gasteiger partial charge in [0.15, 0.2) is 0 Å². The van der Waals surface area contributed by atoms with E-state index in [0.29, 0.717) is 11.0 Å². The molecular formula is C18H23BBrNO5. The molecule has 1 heterocycles. The van der Waals surface area contributed by atoms with Gasteiger partial charge in [-0.15, -0.1) is 0 Å². The minimum absolute atomic E-state index is 0.157. The van der Waals surface area contributed by atoms with E-state index in [9.17, 15) is 14.7 Å². The summed E-state index contributed by atoms with van der Waals surface area (Å²) in [5.74, 6) is -1.23. The number of benzene rings is 1. The van der Waals surface area contributed by atoms with Crippen molar-refractivity contribution < 1.29 is 24.0 Å². The zero-order valence-electron chi connectivity index (χ0n) is 15.6. The van der Waals surface area contributed by atoms with Gasteiger partial charge < -0.3 is 19.7 Å². The normalized spacial score (nSPS) is 18.7. The van der Waals surface area contributed by atoms with Crippen LogP contribution in [0.1, 0.15) is 50.5 Å². The second-order valence-electron chi connectivity index (χ2n) is 7.25. The van der Waals surface area contributed by atoms with E-state index in [0.717, 1.165) is 4.47 Å². The number of halogens is 1. The monoisotopic (exact) mass is 423 g/mol. The first kappa shape index (κ1) is 20.7. The van der Waals surface area contributed by atoms with E-state index in [2.05, 4.69) is 21.2 Å². The molecule has 8 heteroatoms. The molecule has 1 saturated heterocycles. The van der Waals surface area contributed by atoms with Crippen molar-refractivity contribution in [1.82, 2.24) is 5.32 Å². The first-order valence-corrected chi connectivity index (χ1v) is 9.05. The van der Waals surface area contributed by atoms with Crippen LogP contribution in [0.3, 0.4) is 0 Å². The van der Waals surface area contributed by atoms with Gasteiger partial charge in [-0.1, -0.05) is 22.0 Å². The zero-order chi connectivity index (χ0) is 19.7. The van der Waals surface area contributed by atoms with Crippen molar-refractivity contribution in [2.45, 2.75) is 45.8 Å². The van der Waals surface area contributed by atoms with Crippen LogP contribution in [0.4, 0.5) is 0 Å². The van der Waals surface area contributed by atoms with Crippen LogP contribution in [0.25, 0.3) is 6.08 Å². The summed E-state index contributed by atoms with van der Waals surface area (Å²) in [6, 6.07) is 4.91.